The van der Waals surface area contributed by atoms with Crippen LogP contribution in [0.15, 0.2) is 54.7 Å². The van der Waals surface area contributed by atoms with Gasteiger partial charge in [-0.25, -0.2) is 14.0 Å². The molecule has 162 valence electrons. The normalized spacial score (nSPS) is 16.2. The van der Waals surface area contributed by atoms with Gasteiger partial charge in [0.25, 0.3) is 0 Å². The molecule has 0 aliphatic carbocycles. The fraction of sp³-hybridized carbons (Fsp3) is 0.304. The summed E-state index contributed by atoms with van der Waals surface area (Å²) in [6.45, 7) is 3.90. The van der Waals surface area contributed by atoms with E-state index in [1.165, 1.54) is 12.1 Å². The van der Waals surface area contributed by atoms with Crippen molar-refractivity contribution in [1.82, 2.24) is 15.2 Å². The summed E-state index contributed by atoms with van der Waals surface area (Å²) in [6, 6.07) is 12.5. The Hall–Kier alpha value is -3.55. The van der Waals surface area contributed by atoms with E-state index in [2.05, 4.69) is 15.2 Å². The molecule has 8 heteroatoms. The Morgan fingerprint density at radius 2 is 1.74 bits per heavy atom. The maximum absolute atomic E-state index is 13.1. The number of benzene rings is 2. The number of piperazine rings is 1. The Bertz CT molecular complexity index is 1070. The number of nitrogens with zero attached hydrogens (tertiary/aromatic N) is 2. The van der Waals surface area contributed by atoms with Crippen molar-refractivity contribution >= 4 is 28.6 Å². The molecule has 0 unspecified atom stereocenters. The minimum atomic E-state index is -1.07. The van der Waals surface area contributed by atoms with Crippen LogP contribution in [0.5, 0.6) is 0 Å². The third kappa shape index (κ3) is 4.33. The van der Waals surface area contributed by atoms with Gasteiger partial charge >= 0.3 is 12.0 Å². The van der Waals surface area contributed by atoms with E-state index in [1.807, 2.05) is 24.3 Å². The molecule has 2 amide bonds. The van der Waals surface area contributed by atoms with Crippen LogP contribution in [-0.4, -0.2) is 59.2 Å². The van der Waals surface area contributed by atoms with E-state index in [0.717, 1.165) is 22.2 Å². The zero-order valence-corrected chi connectivity index (χ0v) is 17.2. The Morgan fingerprint density at radius 1 is 1.06 bits per heavy atom. The number of fused-ring (bicyclic) bond motifs is 1. The second kappa shape index (κ2) is 8.67. The lowest BCUT2D eigenvalue weighted by molar-refractivity contribution is -0.139. The number of anilines is 1. The first-order valence-corrected chi connectivity index (χ1v) is 10.3. The molecule has 1 saturated heterocycles. The van der Waals surface area contributed by atoms with Gasteiger partial charge in [-0.05, 0) is 35.9 Å². The van der Waals surface area contributed by atoms with Crippen LogP contribution < -0.4 is 10.2 Å². The molecule has 2 heterocycles. The molecule has 7 nitrogen and oxygen atoms in total. The Kier molecular flexibility index (Phi) is 5.79. The van der Waals surface area contributed by atoms with Crippen LogP contribution in [-0.2, 0) is 4.79 Å². The fourth-order valence-electron chi connectivity index (χ4n) is 4.09. The van der Waals surface area contributed by atoms with Gasteiger partial charge in [-0.2, -0.15) is 0 Å². The standard InChI is InChI=1S/C23H25FN4O3/c1-15(19-14-25-20-5-3-2-4-18(19)20)21(22(29)30)26-23(31)28-12-10-27(11-13-28)17-8-6-16(24)7-9-17/h2-9,14-15,21,25H,10-13H2,1H3,(H,26,31)(H,29,30)/t15-,21+/m1/s1. The first kappa shape index (κ1) is 20.7. The zero-order chi connectivity index (χ0) is 22.0. The summed E-state index contributed by atoms with van der Waals surface area (Å²) in [7, 11) is 0. The molecule has 1 aliphatic heterocycles. The van der Waals surface area contributed by atoms with Crippen LogP contribution in [0.3, 0.4) is 0 Å². The lowest BCUT2D eigenvalue weighted by atomic mass is 9.93. The van der Waals surface area contributed by atoms with Gasteiger partial charge in [-0.15, -0.1) is 0 Å². The number of aromatic amines is 1. The summed E-state index contributed by atoms with van der Waals surface area (Å²) in [6.07, 6.45) is 1.80. The topological polar surface area (TPSA) is 88.7 Å². The second-order valence-electron chi connectivity index (χ2n) is 7.79. The Balaban J connectivity index is 1.41. The number of rotatable bonds is 5. The highest BCUT2D eigenvalue weighted by Gasteiger charge is 2.31. The van der Waals surface area contributed by atoms with Crippen LogP contribution in [0.25, 0.3) is 10.9 Å². The van der Waals surface area contributed by atoms with Crippen molar-refractivity contribution in [1.29, 1.82) is 0 Å². The molecule has 3 N–H and O–H groups in total. The largest absolute Gasteiger partial charge is 0.480 e. The van der Waals surface area contributed by atoms with E-state index in [4.69, 9.17) is 0 Å². The minimum absolute atomic E-state index is 0.286. The van der Waals surface area contributed by atoms with Gasteiger partial charge in [-0.3, -0.25) is 0 Å². The number of H-pyrrole nitrogens is 1. The second-order valence-corrected chi connectivity index (χ2v) is 7.79. The number of aliphatic carboxylic acids is 1. The highest BCUT2D eigenvalue weighted by atomic mass is 19.1. The van der Waals surface area contributed by atoms with Crippen LogP contribution >= 0.6 is 0 Å². The minimum Gasteiger partial charge on any atom is -0.480 e. The number of aromatic nitrogens is 1. The number of carbonyl (C=O) groups excluding carboxylic acids is 1. The molecule has 31 heavy (non-hydrogen) atoms. The summed E-state index contributed by atoms with van der Waals surface area (Å²) in [5.41, 5.74) is 2.68. The third-order valence-corrected chi connectivity index (χ3v) is 5.92. The van der Waals surface area contributed by atoms with Gasteiger partial charge in [0, 0.05) is 54.9 Å². The number of para-hydroxylation sites is 1. The molecule has 0 spiro atoms. The predicted molar refractivity (Wildman–Crippen MR) is 117 cm³/mol. The maximum Gasteiger partial charge on any atom is 0.326 e. The molecule has 1 aliphatic rings. The van der Waals surface area contributed by atoms with E-state index in [-0.39, 0.29) is 5.82 Å². The molecule has 4 rings (SSSR count). The van der Waals surface area contributed by atoms with Gasteiger partial charge in [0.2, 0.25) is 0 Å². The van der Waals surface area contributed by atoms with Crippen LogP contribution in [0.1, 0.15) is 18.4 Å². The number of amides is 2. The van der Waals surface area contributed by atoms with Crippen molar-refractivity contribution in [3.63, 3.8) is 0 Å². The van der Waals surface area contributed by atoms with Crippen LogP contribution in [0, 0.1) is 5.82 Å². The molecule has 2 aromatic carbocycles. The van der Waals surface area contributed by atoms with Gasteiger partial charge < -0.3 is 25.2 Å². The molecule has 0 bridgehead atoms. The average molecular weight is 424 g/mol. The predicted octanol–water partition coefficient (Wildman–Crippen LogP) is 3.40. The smallest absolute Gasteiger partial charge is 0.326 e. The number of carboxylic acids is 1. The number of hydrogen-bond donors (Lipinski definition) is 3. The lowest BCUT2D eigenvalue weighted by Crippen LogP contribution is -2.55. The average Bonchev–Trinajstić information content (AvgIpc) is 3.21. The first-order valence-electron chi connectivity index (χ1n) is 10.3. The molecular formula is C23H25FN4O3. The highest BCUT2D eigenvalue weighted by Crippen LogP contribution is 2.28. The van der Waals surface area contributed by atoms with Gasteiger partial charge in [0.05, 0.1) is 0 Å². The van der Waals surface area contributed by atoms with E-state index in [9.17, 15) is 19.1 Å². The fourth-order valence-corrected chi connectivity index (χ4v) is 4.09. The molecule has 2 atom stereocenters. The quantitative estimate of drug-likeness (QED) is 0.586. The zero-order valence-electron chi connectivity index (χ0n) is 17.2. The van der Waals surface area contributed by atoms with E-state index in [0.29, 0.717) is 26.2 Å². The molecular weight excluding hydrogens is 399 g/mol. The highest BCUT2D eigenvalue weighted by molar-refractivity contribution is 5.87. The SMILES string of the molecule is C[C@H](c1c[nH]c2ccccc12)[C@H](NC(=O)N1CCN(c2ccc(F)cc2)CC1)C(=O)O. The van der Waals surface area contributed by atoms with Crippen LogP contribution in [0.4, 0.5) is 14.9 Å². The van der Waals surface area contributed by atoms with Crippen molar-refractivity contribution in [2.45, 2.75) is 18.9 Å². The summed E-state index contributed by atoms with van der Waals surface area (Å²) in [5, 5.41) is 13.4. The monoisotopic (exact) mass is 424 g/mol. The molecule has 3 aromatic rings. The first-order chi connectivity index (χ1) is 14.9. The summed E-state index contributed by atoms with van der Waals surface area (Å²) < 4.78 is 13.1. The van der Waals surface area contributed by atoms with E-state index in [1.54, 1.807) is 30.2 Å². The number of urea groups is 1. The van der Waals surface area contributed by atoms with Crippen molar-refractivity contribution in [2.24, 2.45) is 0 Å². The number of carboxylic acid groups (broad SMARTS) is 1. The number of nitrogens with one attached hydrogen (secondary N) is 2. The summed E-state index contributed by atoms with van der Waals surface area (Å²) in [4.78, 5) is 31.6. The van der Waals surface area contributed by atoms with E-state index < -0.39 is 24.0 Å². The third-order valence-electron chi connectivity index (χ3n) is 5.92. The molecule has 0 radical (unpaired) electrons. The van der Waals surface area contributed by atoms with E-state index >= 15 is 0 Å². The Morgan fingerprint density at radius 3 is 2.42 bits per heavy atom. The van der Waals surface area contributed by atoms with Gasteiger partial charge in [0.1, 0.15) is 11.9 Å². The number of hydrogen-bond acceptors (Lipinski definition) is 3. The van der Waals surface area contributed by atoms with Gasteiger partial charge in [0.15, 0.2) is 0 Å². The maximum atomic E-state index is 13.1. The molecule has 0 saturated carbocycles. The van der Waals surface area contributed by atoms with Crippen molar-refractivity contribution in [2.75, 3.05) is 31.1 Å². The van der Waals surface area contributed by atoms with Crippen LogP contribution in [0.2, 0.25) is 0 Å². The summed E-state index contributed by atoms with van der Waals surface area (Å²) in [5.74, 6) is -1.78. The molecule has 1 aromatic heterocycles. The number of halogens is 1. The molecule has 1 fully saturated rings. The lowest BCUT2D eigenvalue weighted by Gasteiger charge is -2.36. The Labute approximate surface area is 179 Å². The van der Waals surface area contributed by atoms with Gasteiger partial charge in [-0.1, -0.05) is 25.1 Å². The van der Waals surface area contributed by atoms with Crippen molar-refractivity contribution in [3.05, 3.63) is 66.1 Å². The summed E-state index contributed by atoms with van der Waals surface area (Å²) >= 11 is 0. The van der Waals surface area contributed by atoms with Crippen molar-refractivity contribution in [3.8, 4) is 0 Å². The van der Waals surface area contributed by atoms with Crippen molar-refractivity contribution < 1.29 is 19.1 Å². The number of carbonyl (C=O) groups is 2.